The summed E-state index contributed by atoms with van der Waals surface area (Å²) < 4.78 is 17.4. The third-order valence-electron chi connectivity index (χ3n) is 4.93. The Labute approximate surface area is 156 Å². The number of methoxy groups -OCH3 is 1. The molecule has 2 aromatic rings. The van der Waals surface area contributed by atoms with Crippen molar-refractivity contribution < 1.29 is 19.0 Å². The Balaban J connectivity index is 1.62. The average Bonchev–Trinajstić information content (AvgIpc) is 3.12. The number of ether oxygens (including phenoxy) is 3. The molecule has 2 fully saturated rings. The van der Waals surface area contributed by atoms with Crippen molar-refractivity contribution in [3.63, 3.8) is 0 Å². The Morgan fingerprint density at radius 3 is 2.69 bits per heavy atom. The molecule has 4 rings (SSSR count). The van der Waals surface area contributed by atoms with E-state index in [1.807, 2.05) is 6.07 Å². The number of amides is 2. The maximum atomic E-state index is 12.5. The maximum absolute atomic E-state index is 12.5. The minimum Gasteiger partial charge on any atom is -0.494 e. The number of morpholine rings is 1. The number of fused-ring (bicyclic) bond motifs is 1. The van der Waals surface area contributed by atoms with Gasteiger partial charge >= 0.3 is 6.03 Å². The fourth-order valence-corrected chi connectivity index (χ4v) is 4.55. The van der Waals surface area contributed by atoms with Gasteiger partial charge in [0.1, 0.15) is 11.3 Å². The first-order valence-corrected chi connectivity index (χ1v) is 9.77. The first-order chi connectivity index (χ1) is 12.8. The largest absolute Gasteiger partial charge is 0.494 e. The highest BCUT2D eigenvalue weighted by Crippen LogP contribution is 2.40. The predicted molar refractivity (Wildman–Crippen MR) is 100 cm³/mol. The lowest BCUT2D eigenvalue weighted by Crippen LogP contribution is -2.43. The van der Waals surface area contributed by atoms with Gasteiger partial charge in [-0.05, 0) is 30.4 Å². The third kappa shape index (κ3) is 3.49. The Bertz CT molecular complexity index is 782. The molecule has 1 aromatic heterocycles. The molecular formula is C18H23N3O4S. The van der Waals surface area contributed by atoms with E-state index in [-0.39, 0.29) is 6.03 Å². The summed E-state index contributed by atoms with van der Waals surface area (Å²) in [5.74, 6) is 1.19. The molecule has 2 aliphatic rings. The summed E-state index contributed by atoms with van der Waals surface area (Å²) in [5.41, 5.74) is 2.09. The van der Waals surface area contributed by atoms with Crippen LogP contribution >= 0.6 is 11.3 Å². The maximum Gasteiger partial charge on any atom is 0.323 e. The van der Waals surface area contributed by atoms with E-state index in [9.17, 15) is 4.79 Å². The van der Waals surface area contributed by atoms with E-state index in [0.29, 0.717) is 37.4 Å². The summed E-state index contributed by atoms with van der Waals surface area (Å²) in [6, 6.07) is 3.97. The Morgan fingerprint density at radius 2 is 1.96 bits per heavy atom. The molecule has 8 heteroatoms. The number of aromatic nitrogens is 1. The Kier molecular flexibility index (Phi) is 5.23. The molecule has 0 unspecified atom stereocenters. The zero-order valence-electron chi connectivity index (χ0n) is 14.8. The van der Waals surface area contributed by atoms with Crippen LogP contribution in [0.15, 0.2) is 12.1 Å². The van der Waals surface area contributed by atoms with Crippen LogP contribution < -0.4 is 10.1 Å². The fraction of sp³-hybridized carbons (Fsp3) is 0.556. The molecule has 3 heterocycles. The number of anilines is 1. The molecule has 0 atom stereocenters. The standard InChI is InChI=1S/C18H23N3O4S/c1-23-14-3-2-13(12-4-8-24-9-5-12)16-15(14)19-17(26-16)20-18(22)21-6-10-25-11-7-21/h2-3,12H,4-11H2,1H3,(H,19,20,22). The van der Waals surface area contributed by atoms with Gasteiger partial charge in [-0.25, -0.2) is 9.78 Å². The quantitative estimate of drug-likeness (QED) is 0.890. The van der Waals surface area contributed by atoms with E-state index < -0.39 is 0 Å². The highest BCUT2D eigenvalue weighted by Gasteiger charge is 2.23. The van der Waals surface area contributed by atoms with Gasteiger partial charge in [0, 0.05) is 26.3 Å². The molecule has 0 aliphatic carbocycles. The van der Waals surface area contributed by atoms with Crippen LogP contribution in [0.2, 0.25) is 0 Å². The van der Waals surface area contributed by atoms with Crippen LogP contribution in [0.4, 0.5) is 9.93 Å². The minimum atomic E-state index is -0.126. The van der Waals surface area contributed by atoms with Gasteiger partial charge in [-0.15, -0.1) is 0 Å². The van der Waals surface area contributed by atoms with Crippen molar-refractivity contribution >= 4 is 32.7 Å². The van der Waals surface area contributed by atoms with Gasteiger partial charge in [0.25, 0.3) is 0 Å². The summed E-state index contributed by atoms with van der Waals surface area (Å²) in [4.78, 5) is 18.9. The van der Waals surface area contributed by atoms with Crippen molar-refractivity contribution in [2.45, 2.75) is 18.8 Å². The molecular weight excluding hydrogens is 354 g/mol. The van der Waals surface area contributed by atoms with Gasteiger partial charge in [0.15, 0.2) is 5.13 Å². The molecule has 2 saturated heterocycles. The van der Waals surface area contributed by atoms with Gasteiger partial charge in [0.05, 0.1) is 25.0 Å². The van der Waals surface area contributed by atoms with Crippen molar-refractivity contribution in [1.29, 1.82) is 0 Å². The van der Waals surface area contributed by atoms with Gasteiger partial charge in [-0.1, -0.05) is 17.4 Å². The van der Waals surface area contributed by atoms with Crippen molar-refractivity contribution in [3.8, 4) is 5.75 Å². The fourth-order valence-electron chi connectivity index (χ4n) is 3.49. The van der Waals surface area contributed by atoms with E-state index in [2.05, 4.69) is 16.4 Å². The van der Waals surface area contributed by atoms with Crippen LogP contribution in [-0.2, 0) is 9.47 Å². The minimum absolute atomic E-state index is 0.126. The van der Waals surface area contributed by atoms with Crippen molar-refractivity contribution in [2.75, 3.05) is 51.9 Å². The van der Waals surface area contributed by atoms with Crippen molar-refractivity contribution in [1.82, 2.24) is 9.88 Å². The zero-order chi connectivity index (χ0) is 17.9. The van der Waals surface area contributed by atoms with E-state index >= 15 is 0 Å². The Morgan fingerprint density at radius 1 is 1.23 bits per heavy atom. The van der Waals surface area contributed by atoms with E-state index in [1.165, 1.54) is 16.9 Å². The van der Waals surface area contributed by atoms with Crippen molar-refractivity contribution in [3.05, 3.63) is 17.7 Å². The monoisotopic (exact) mass is 377 g/mol. The molecule has 0 saturated carbocycles. The number of nitrogens with one attached hydrogen (secondary N) is 1. The van der Waals surface area contributed by atoms with Crippen LogP contribution in [0.25, 0.3) is 10.2 Å². The smallest absolute Gasteiger partial charge is 0.323 e. The lowest BCUT2D eigenvalue weighted by atomic mass is 9.91. The van der Waals surface area contributed by atoms with Crippen LogP contribution in [0.5, 0.6) is 5.75 Å². The summed E-state index contributed by atoms with van der Waals surface area (Å²) in [5, 5.41) is 3.55. The van der Waals surface area contributed by atoms with Gasteiger partial charge in [0.2, 0.25) is 0 Å². The second-order valence-corrected chi connectivity index (χ2v) is 7.47. The Hall–Kier alpha value is -1.90. The van der Waals surface area contributed by atoms with Crippen LogP contribution in [-0.4, -0.2) is 62.5 Å². The van der Waals surface area contributed by atoms with E-state index in [4.69, 9.17) is 14.2 Å². The molecule has 0 spiro atoms. The topological polar surface area (TPSA) is 72.9 Å². The van der Waals surface area contributed by atoms with Gasteiger partial charge < -0.3 is 19.1 Å². The molecule has 0 bridgehead atoms. The van der Waals surface area contributed by atoms with Crippen LogP contribution in [0.3, 0.4) is 0 Å². The van der Waals surface area contributed by atoms with Gasteiger partial charge in [-0.3, -0.25) is 5.32 Å². The lowest BCUT2D eigenvalue weighted by Gasteiger charge is -2.26. The molecule has 2 aliphatic heterocycles. The number of rotatable bonds is 3. The predicted octanol–water partition coefficient (Wildman–Crippen LogP) is 3.06. The number of hydrogen-bond acceptors (Lipinski definition) is 6. The zero-order valence-corrected chi connectivity index (χ0v) is 15.6. The molecule has 1 aromatic carbocycles. The molecule has 140 valence electrons. The first kappa shape index (κ1) is 17.5. The second-order valence-electron chi connectivity index (χ2n) is 6.47. The number of urea groups is 1. The number of hydrogen-bond donors (Lipinski definition) is 1. The molecule has 0 radical (unpaired) electrons. The SMILES string of the molecule is COc1ccc(C2CCOCC2)c2sc(NC(=O)N3CCOCC3)nc12. The summed E-state index contributed by atoms with van der Waals surface area (Å²) in [6.07, 6.45) is 2.02. The van der Waals surface area contributed by atoms with Crippen LogP contribution in [0.1, 0.15) is 24.3 Å². The molecule has 1 N–H and O–H groups in total. The second kappa shape index (κ2) is 7.77. The highest BCUT2D eigenvalue weighted by atomic mass is 32.1. The normalized spacial score (nSPS) is 18.9. The lowest BCUT2D eigenvalue weighted by molar-refractivity contribution is 0.0564. The molecule has 26 heavy (non-hydrogen) atoms. The number of carbonyl (C=O) groups excluding carboxylic acids is 1. The van der Waals surface area contributed by atoms with Crippen molar-refractivity contribution in [2.24, 2.45) is 0 Å². The average molecular weight is 377 g/mol. The number of benzene rings is 1. The van der Waals surface area contributed by atoms with E-state index in [1.54, 1.807) is 12.0 Å². The van der Waals surface area contributed by atoms with E-state index in [0.717, 1.165) is 42.0 Å². The van der Waals surface area contributed by atoms with Gasteiger partial charge in [-0.2, -0.15) is 0 Å². The highest BCUT2D eigenvalue weighted by molar-refractivity contribution is 7.22. The summed E-state index contributed by atoms with van der Waals surface area (Å²) >= 11 is 1.52. The number of thiazole rings is 1. The summed E-state index contributed by atoms with van der Waals surface area (Å²) in [7, 11) is 1.65. The third-order valence-corrected chi connectivity index (χ3v) is 5.95. The molecule has 2 amide bonds. The number of nitrogens with zero attached hydrogens (tertiary/aromatic N) is 2. The van der Waals surface area contributed by atoms with Crippen LogP contribution in [0, 0.1) is 0 Å². The molecule has 7 nitrogen and oxygen atoms in total. The summed E-state index contributed by atoms with van der Waals surface area (Å²) in [6.45, 7) is 3.94. The number of carbonyl (C=O) groups is 1. The first-order valence-electron chi connectivity index (χ1n) is 8.95.